The highest BCUT2D eigenvalue weighted by atomic mass is 32.2. The Morgan fingerprint density at radius 3 is 1.67 bits per heavy atom. The summed E-state index contributed by atoms with van der Waals surface area (Å²) in [6, 6.07) is 0.268. The highest BCUT2D eigenvalue weighted by Crippen LogP contribution is 2.32. The average molecular weight is 358 g/mol. The molecule has 0 heterocycles. The average Bonchev–Trinajstić information content (AvgIpc) is 2.59. The van der Waals surface area contributed by atoms with Crippen molar-refractivity contribution in [2.45, 2.75) is 114 Å². The first-order valence-corrected chi connectivity index (χ1v) is 11.6. The molecule has 0 aromatic carbocycles. The highest BCUT2D eigenvalue weighted by molar-refractivity contribution is 7.87. The summed E-state index contributed by atoms with van der Waals surface area (Å²) in [6.07, 6.45) is 15.2. The number of rotatable bonds is 5. The van der Waals surface area contributed by atoms with Crippen molar-refractivity contribution in [1.29, 1.82) is 0 Å². The second-order valence-electron chi connectivity index (χ2n) is 8.09. The molecule has 3 aliphatic rings. The van der Waals surface area contributed by atoms with E-state index in [1.54, 1.807) is 0 Å². The third kappa shape index (κ3) is 4.51. The van der Waals surface area contributed by atoms with E-state index in [0.29, 0.717) is 0 Å². The summed E-state index contributed by atoms with van der Waals surface area (Å²) in [5.41, 5.74) is 6.20. The molecule has 3 aliphatic carbocycles. The molecule has 0 radical (unpaired) electrons. The van der Waals surface area contributed by atoms with E-state index in [2.05, 4.69) is 4.72 Å². The van der Waals surface area contributed by atoms with E-state index < -0.39 is 10.2 Å². The molecule has 3 N–H and O–H groups in total. The number of hydrogen-bond donors (Lipinski definition) is 2. The predicted octanol–water partition coefficient (Wildman–Crippen LogP) is 3.06. The number of nitrogens with one attached hydrogen (secondary N) is 1. The van der Waals surface area contributed by atoms with E-state index >= 15 is 0 Å². The van der Waals surface area contributed by atoms with Crippen LogP contribution in [0, 0.1) is 0 Å². The van der Waals surface area contributed by atoms with Crippen LogP contribution in [0.5, 0.6) is 0 Å². The zero-order valence-corrected chi connectivity index (χ0v) is 15.8. The molecule has 0 aromatic rings. The van der Waals surface area contributed by atoms with Gasteiger partial charge in [-0.15, -0.1) is 0 Å². The first-order chi connectivity index (χ1) is 11.6. The molecule has 2 atom stereocenters. The number of hydrogen-bond acceptors (Lipinski definition) is 3. The van der Waals surface area contributed by atoms with E-state index in [0.717, 1.165) is 77.0 Å². The quantitative estimate of drug-likeness (QED) is 0.794. The molecule has 6 heteroatoms. The molecule has 0 bridgehead atoms. The molecule has 140 valence electrons. The Hall–Kier alpha value is -0.170. The monoisotopic (exact) mass is 357 g/mol. The molecule has 3 fully saturated rings. The van der Waals surface area contributed by atoms with Gasteiger partial charge in [0.15, 0.2) is 0 Å². The molecule has 0 unspecified atom stereocenters. The van der Waals surface area contributed by atoms with Crippen LogP contribution in [0.25, 0.3) is 0 Å². The van der Waals surface area contributed by atoms with Gasteiger partial charge < -0.3 is 5.73 Å². The van der Waals surface area contributed by atoms with Gasteiger partial charge in [-0.25, -0.2) is 0 Å². The van der Waals surface area contributed by atoms with Gasteiger partial charge in [0, 0.05) is 24.2 Å². The van der Waals surface area contributed by atoms with Gasteiger partial charge in [-0.05, 0) is 38.5 Å². The SMILES string of the molecule is N[C@H]1CCCC[C@@H]1NS(=O)(=O)N(C1CCCCC1)C1CCCCC1. The summed E-state index contributed by atoms with van der Waals surface area (Å²) >= 11 is 0. The van der Waals surface area contributed by atoms with Crippen molar-refractivity contribution in [3.05, 3.63) is 0 Å². The lowest BCUT2D eigenvalue weighted by molar-refractivity contribution is 0.166. The van der Waals surface area contributed by atoms with Crippen molar-refractivity contribution < 1.29 is 8.42 Å². The van der Waals surface area contributed by atoms with Crippen LogP contribution in [0.1, 0.15) is 89.9 Å². The van der Waals surface area contributed by atoms with Crippen molar-refractivity contribution >= 4 is 10.2 Å². The van der Waals surface area contributed by atoms with Gasteiger partial charge in [-0.2, -0.15) is 17.4 Å². The first-order valence-electron chi connectivity index (χ1n) is 10.1. The maximum absolute atomic E-state index is 13.3. The molecule has 0 spiro atoms. The van der Waals surface area contributed by atoms with Crippen molar-refractivity contribution in [3.63, 3.8) is 0 Å². The van der Waals surface area contributed by atoms with Crippen LogP contribution in [0.2, 0.25) is 0 Å². The summed E-state index contributed by atoms with van der Waals surface area (Å²) < 4.78 is 31.5. The largest absolute Gasteiger partial charge is 0.326 e. The van der Waals surface area contributed by atoms with Crippen LogP contribution >= 0.6 is 0 Å². The summed E-state index contributed by atoms with van der Waals surface area (Å²) in [4.78, 5) is 0. The fourth-order valence-corrected chi connectivity index (χ4v) is 6.92. The molecule has 0 aliphatic heterocycles. The van der Waals surface area contributed by atoms with Crippen molar-refractivity contribution in [2.75, 3.05) is 0 Å². The molecule has 5 nitrogen and oxygen atoms in total. The minimum absolute atomic E-state index is 0.0342. The minimum Gasteiger partial charge on any atom is -0.326 e. The Bertz CT molecular complexity index is 466. The number of nitrogens with two attached hydrogens (primary N) is 1. The first kappa shape index (κ1) is 18.6. The maximum atomic E-state index is 13.3. The summed E-state index contributed by atoms with van der Waals surface area (Å²) in [7, 11) is -3.45. The molecule has 24 heavy (non-hydrogen) atoms. The van der Waals surface area contributed by atoms with Gasteiger partial charge in [0.25, 0.3) is 10.2 Å². The Morgan fingerprint density at radius 2 is 1.17 bits per heavy atom. The van der Waals surface area contributed by atoms with Gasteiger partial charge in [-0.3, -0.25) is 0 Å². The standard InChI is InChI=1S/C18H35N3O2S/c19-17-13-7-8-14-18(17)20-24(22,23)21(15-9-3-1-4-10-15)16-11-5-2-6-12-16/h15-18,20H,1-14,19H2/t17-,18-/m0/s1. The lowest BCUT2D eigenvalue weighted by Gasteiger charge is -2.41. The highest BCUT2D eigenvalue weighted by Gasteiger charge is 2.39. The van der Waals surface area contributed by atoms with Crippen LogP contribution in [-0.4, -0.2) is 36.9 Å². The fraction of sp³-hybridized carbons (Fsp3) is 1.00. The fourth-order valence-electron chi connectivity index (χ4n) is 4.92. The van der Waals surface area contributed by atoms with E-state index in [1.165, 1.54) is 12.8 Å². The van der Waals surface area contributed by atoms with Crippen LogP contribution in [0.15, 0.2) is 0 Å². The molecule has 3 saturated carbocycles. The van der Waals surface area contributed by atoms with Crippen LogP contribution in [0.3, 0.4) is 0 Å². The third-order valence-electron chi connectivity index (χ3n) is 6.27. The molecule has 0 amide bonds. The molecule has 0 saturated heterocycles. The lowest BCUT2D eigenvalue weighted by atomic mass is 9.91. The van der Waals surface area contributed by atoms with E-state index in [-0.39, 0.29) is 24.2 Å². The Balaban J connectivity index is 1.76. The molecule has 0 aromatic heterocycles. The Kier molecular flexibility index (Phi) is 6.57. The Morgan fingerprint density at radius 1 is 0.708 bits per heavy atom. The van der Waals surface area contributed by atoms with Gasteiger partial charge >= 0.3 is 0 Å². The summed E-state index contributed by atoms with van der Waals surface area (Å²) in [5.74, 6) is 0. The van der Waals surface area contributed by atoms with Gasteiger partial charge in [-0.1, -0.05) is 51.4 Å². The van der Waals surface area contributed by atoms with Crippen LogP contribution < -0.4 is 10.5 Å². The summed E-state index contributed by atoms with van der Waals surface area (Å²) in [6.45, 7) is 0. The Labute approximate surface area is 147 Å². The summed E-state index contributed by atoms with van der Waals surface area (Å²) in [5, 5.41) is 0. The van der Waals surface area contributed by atoms with Crippen molar-refractivity contribution in [2.24, 2.45) is 5.73 Å². The second kappa shape index (κ2) is 8.47. The van der Waals surface area contributed by atoms with Gasteiger partial charge in [0.1, 0.15) is 0 Å². The van der Waals surface area contributed by atoms with Crippen LogP contribution in [0.4, 0.5) is 0 Å². The maximum Gasteiger partial charge on any atom is 0.280 e. The zero-order valence-electron chi connectivity index (χ0n) is 15.0. The van der Waals surface area contributed by atoms with Gasteiger partial charge in [0.05, 0.1) is 0 Å². The van der Waals surface area contributed by atoms with Crippen molar-refractivity contribution in [1.82, 2.24) is 9.03 Å². The van der Waals surface area contributed by atoms with E-state index in [1.807, 2.05) is 4.31 Å². The molecular weight excluding hydrogens is 322 g/mol. The number of nitrogens with zero attached hydrogens (tertiary/aromatic N) is 1. The zero-order chi connectivity index (χ0) is 17.0. The third-order valence-corrected chi connectivity index (χ3v) is 8.02. The van der Waals surface area contributed by atoms with Crippen LogP contribution in [-0.2, 0) is 10.2 Å². The van der Waals surface area contributed by atoms with Crippen molar-refractivity contribution in [3.8, 4) is 0 Å². The molecular formula is C18H35N3O2S. The lowest BCUT2D eigenvalue weighted by Crippen LogP contribution is -2.58. The van der Waals surface area contributed by atoms with E-state index in [9.17, 15) is 8.42 Å². The smallest absolute Gasteiger partial charge is 0.280 e. The topological polar surface area (TPSA) is 75.4 Å². The second-order valence-corrected chi connectivity index (χ2v) is 9.70. The molecule has 3 rings (SSSR count). The predicted molar refractivity (Wildman–Crippen MR) is 97.9 cm³/mol. The van der Waals surface area contributed by atoms with Gasteiger partial charge in [0.2, 0.25) is 0 Å². The normalized spacial score (nSPS) is 31.4. The minimum atomic E-state index is -3.45. The van der Waals surface area contributed by atoms with E-state index in [4.69, 9.17) is 5.73 Å².